The second-order valence-electron chi connectivity index (χ2n) is 7.27. The monoisotopic (exact) mass is 379 g/mol. The van der Waals surface area contributed by atoms with Crippen molar-refractivity contribution in [1.82, 2.24) is 10.3 Å². The molecule has 0 saturated carbocycles. The number of pyridine rings is 1. The van der Waals surface area contributed by atoms with Gasteiger partial charge in [0.05, 0.1) is 24.6 Å². The van der Waals surface area contributed by atoms with Crippen LogP contribution in [0.15, 0.2) is 41.1 Å². The zero-order chi connectivity index (χ0) is 19.7. The van der Waals surface area contributed by atoms with E-state index in [2.05, 4.69) is 28.2 Å². The van der Waals surface area contributed by atoms with Gasteiger partial charge in [-0.15, -0.1) is 0 Å². The Balaban J connectivity index is 1.50. The summed E-state index contributed by atoms with van der Waals surface area (Å²) >= 11 is 0. The number of ether oxygens (including phenoxy) is 1. The van der Waals surface area contributed by atoms with Crippen molar-refractivity contribution in [3.8, 4) is 5.75 Å². The van der Waals surface area contributed by atoms with Gasteiger partial charge in [0.2, 0.25) is 0 Å². The molecule has 2 aromatic heterocycles. The van der Waals surface area contributed by atoms with E-state index in [1.807, 2.05) is 25.3 Å². The number of aromatic nitrogens is 1. The van der Waals surface area contributed by atoms with Crippen LogP contribution in [-0.4, -0.2) is 37.1 Å². The molecule has 1 N–H and O–H groups in total. The Kier molecular flexibility index (Phi) is 4.94. The smallest absolute Gasteiger partial charge is 0.255 e. The number of furan rings is 1. The van der Waals surface area contributed by atoms with Crippen molar-refractivity contribution >= 4 is 22.5 Å². The van der Waals surface area contributed by atoms with Gasteiger partial charge in [0.15, 0.2) is 0 Å². The third kappa shape index (κ3) is 3.30. The first kappa shape index (κ1) is 18.3. The van der Waals surface area contributed by atoms with Gasteiger partial charge in [0.25, 0.3) is 5.91 Å². The number of nitrogens with zero attached hydrogens (tertiary/aromatic N) is 2. The minimum Gasteiger partial charge on any atom is -0.494 e. The summed E-state index contributed by atoms with van der Waals surface area (Å²) in [6.45, 7) is 5.67. The molecule has 1 aromatic carbocycles. The summed E-state index contributed by atoms with van der Waals surface area (Å²) in [5.41, 5.74) is 3.86. The number of benzene rings is 1. The van der Waals surface area contributed by atoms with Crippen LogP contribution >= 0.6 is 0 Å². The van der Waals surface area contributed by atoms with Crippen LogP contribution in [0, 0.1) is 13.8 Å². The number of para-hydroxylation sites is 1. The number of piperidine rings is 1. The van der Waals surface area contributed by atoms with Crippen LogP contribution in [0.1, 0.15) is 34.5 Å². The Morgan fingerprint density at radius 2 is 2.04 bits per heavy atom. The summed E-state index contributed by atoms with van der Waals surface area (Å²) in [5.74, 6) is 1.39. The van der Waals surface area contributed by atoms with Gasteiger partial charge in [0.1, 0.15) is 17.0 Å². The number of hydrogen-bond donors (Lipinski definition) is 1. The number of rotatable bonds is 4. The molecule has 0 spiro atoms. The average molecular weight is 379 g/mol. The van der Waals surface area contributed by atoms with E-state index >= 15 is 0 Å². The Morgan fingerprint density at radius 3 is 2.71 bits per heavy atom. The zero-order valence-corrected chi connectivity index (χ0v) is 16.5. The number of anilines is 1. The summed E-state index contributed by atoms with van der Waals surface area (Å²) < 4.78 is 10.7. The van der Waals surface area contributed by atoms with Gasteiger partial charge in [0, 0.05) is 30.7 Å². The van der Waals surface area contributed by atoms with Crippen molar-refractivity contribution in [1.29, 1.82) is 0 Å². The van der Waals surface area contributed by atoms with E-state index in [9.17, 15) is 4.79 Å². The number of fused-ring (bicyclic) bond motifs is 1. The molecule has 1 fully saturated rings. The molecule has 6 heteroatoms. The van der Waals surface area contributed by atoms with Gasteiger partial charge >= 0.3 is 0 Å². The van der Waals surface area contributed by atoms with Gasteiger partial charge in [-0.05, 0) is 44.4 Å². The number of nitrogens with one attached hydrogen (secondary N) is 1. The lowest BCUT2D eigenvalue weighted by molar-refractivity contribution is 0.0929. The Hall–Kier alpha value is -3.02. The molecule has 0 bridgehead atoms. The van der Waals surface area contributed by atoms with E-state index in [1.54, 1.807) is 19.4 Å². The van der Waals surface area contributed by atoms with Crippen LogP contribution in [0.3, 0.4) is 0 Å². The van der Waals surface area contributed by atoms with Gasteiger partial charge in [-0.2, -0.15) is 0 Å². The molecule has 0 atom stereocenters. The SMILES string of the molecule is COc1cccc2c(N3CCC(NC(=O)c4ccoc4C)CC3)c(C)cnc12. The number of carbonyl (C=O) groups excluding carboxylic acids is 1. The summed E-state index contributed by atoms with van der Waals surface area (Å²) in [6.07, 6.45) is 5.26. The summed E-state index contributed by atoms with van der Waals surface area (Å²) in [4.78, 5) is 19.4. The second-order valence-corrected chi connectivity index (χ2v) is 7.27. The van der Waals surface area contributed by atoms with Crippen molar-refractivity contribution < 1.29 is 13.9 Å². The lowest BCUT2D eigenvalue weighted by atomic mass is 10.0. The average Bonchev–Trinajstić information content (AvgIpc) is 3.14. The first-order chi connectivity index (χ1) is 13.6. The van der Waals surface area contributed by atoms with Crippen molar-refractivity contribution in [3.63, 3.8) is 0 Å². The molecule has 1 aliphatic rings. The van der Waals surface area contributed by atoms with Crippen molar-refractivity contribution in [2.45, 2.75) is 32.7 Å². The lowest BCUT2D eigenvalue weighted by Gasteiger charge is -2.35. The van der Waals surface area contributed by atoms with Gasteiger partial charge < -0.3 is 19.4 Å². The molecule has 0 aliphatic carbocycles. The van der Waals surface area contributed by atoms with E-state index in [0.717, 1.165) is 48.1 Å². The predicted molar refractivity (Wildman–Crippen MR) is 109 cm³/mol. The van der Waals surface area contributed by atoms with Gasteiger partial charge in [-0.25, -0.2) is 0 Å². The van der Waals surface area contributed by atoms with Crippen LogP contribution in [0.2, 0.25) is 0 Å². The Morgan fingerprint density at radius 1 is 1.25 bits per heavy atom. The van der Waals surface area contributed by atoms with E-state index in [-0.39, 0.29) is 11.9 Å². The number of hydrogen-bond acceptors (Lipinski definition) is 5. The third-order valence-corrected chi connectivity index (χ3v) is 5.48. The number of methoxy groups -OCH3 is 1. The second kappa shape index (κ2) is 7.54. The first-order valence-electron chi connectivity index (χ1n) is 9.60. The molecule has 146 valence electrons. The summed E-state index contributed by atoms with van der Waals surface area (Å²) in [7, 11) is 1.67. The first-order valence-corrected chi connectivity index (χ1v) is 9.60. The lowest BCUT2D eigenvalue weighted by Crippen LogP contribution is -2.45. The molecule has 0 radical (unpaired) electrons. The molecule has 3 heterocycles. The van der Waals surface area contributed by atoms with Gasteiger partial charge in [-0.3, -0.25) is 9.78 Å². The zero-order valence-electron chi connectivity index (χ0n) is 16.5. The molecule has 1 amide bonds. The molecule has 0 unspecified atom stereocenters. The predicted octanol–water partition coefficient (Wildman–Crippen LogP) is 3.85. The van der Waals surface area contributed by atoms with E-state index in [0.29, 0.717) is 11.3 Å². The number of amides is 1. The highest BCUT2D eigenvalue weighted by molar-refractivity contribution is 5.97. The maximum Gasteiger partial charge on any atom is 0.255 e. The molecule has 1 saturated heterocycles. The Labute approximate surface area is 164 Å². The molecule has 4 rings (SSSR count). The van der Waals surface area contributed by atoms with Gasteiger partial charge in [-0.1, -0.05) is 12.1 Å². The molecule has 28 heavy (non-hydrogen) atoms. The molecule has 3 aromatic rings. The van der Waals surface area contributed by atoms with Crippen molar-refractivity contribution in [2.75, 3.05) is 25.1 Å². The van der Waals surface area contributed by atoms with E-state index in [4.69, 9.17) is 9.15 Å². The third-order valence-electron chi connectivity index (χ3n) is 5.48. The topological polar surface area (TPSA) is 67.6 Å². The standard InChI is InChI=1S/C22H25N3O3/c1-14-13-23-20-18(5-4-6-19(20)27-3)21(14)25-10-7-16(8-11-25)24-22(26)17-9-12-28-15(17)2/h4-6,9,12-13,16H,7-8,10-11H2,1-3H3,(H,24,26). The number of aryl methyl sites for hydroxylation is 2. The normalized spacial score (nSPS) is 15.0. The largest absolute Gasteiger partial charge is 0.494 e. The fraction of sp³-hybridized carbons (Fsp3) is 0.364. The molecular formula is C22H25N3O3. The maximum atomic E-state index is 12.4. The quantitative estimate of drug-likeness (QED) is 0.746. The highest BCUT2D eigenvalue weighted by Gasteiger charge is 2.24. The fourth-order valence-electron chi connectivity index (χ4n) is 4.00. The van der Waals surface area contributed by atoms with Crippen LogP contribution < -0.4 is 15.0 Å². The minimum absolute atomic E-state index is 0.0556. The fourth-order valence-corrected chi connectivity index (χ4v) is 4.00. The molecule has 1 aliphatic heterocycles. The van der Waals surface area contributed by atoms with E-state index < -0.39 is 0 Å². The summed E-state index contributed by atoms with van der Waals surface area (Å²) in [5, 5.41) is 4.25. The molecular weight excluding hydrogens is 354 g/mol. The maximum absolute atomic E-state index is 12.4. The van der Waals surface area contributed by atoms with Crippen molar-refractivity contribution in [2.24, 2.45) is 0 Å². The van der Waals surface area contributed by atoms with Crippen LogP contribution in [0.5, 0.6) is 5.75 Å². The van der Waals surface area contributed by atoms with E-state index in [1.165, 1.54) is 5.69 Å². The Bertz CT molecular complexity index is 1000. The highest BCUT2D eigenvalue weighted by atomic mass is 16.5. The minimum atomic E-state index is -0.0556. The van der Waals surface area contributed by atoms with Crippen LogP contribution in [0.4, 0.5) is 5.69 Å². The summed E-state index contributed by atoms with van der Waals surface area (Å²) in [6, 6.07) is 7.93. The molecule has 6 nitrogen and oxygen atoms in total. The highest BCUT2D eigenvalue weighted by Crippen LogP contribution is 2.35. The number of carbonyl (C=O) groups is 1. The van der Waals surface area contributed by atoms with Crippen molar-refractivity contribution in [3.05, 3.63) is 53.6 Å². The van der Waals surface area contributed by atoms with Crippen LogP contribution in [0.25, 0.3) is 10.9 Å². The van der Waals surface area contributed by atoms with Crippen LogP contribution in [-0.2, 0) is 0 Å².